The van der Waals surface area contributed by atoms with Crippen LogP contribution in [0.4, 0.5) is 5.69 Å². The van der Waals surface area contributed by atoms with Gasteiger partial charge in [0.05, 0.1) is 5.69 Å². The van der Waals surface area contributed by atoms with Gasteiger partial charge in [0.15, 0.2) is 0 Å². The number of carbonyl (C=O) groups excluding carboxylic acids is 1. The quantitative estimate of drug-likeness (QED) is 0.484. The summed E-state index contributed by atoms with van der Waals surface area (Å²) < 4.78 is 2.00. The lowest BCUT2D eigenvalue weighted by atomic mass is 10.0. The topological polar surface area (TPSA) is 49.6 Å². The second-order valence-electron chi connectivity index (χ2n) is 7.58. The Balaban J connectivity index is 1.59. The molecule has 0 fully saturated rings. The molecule has 152 valence electrons. The highest BCUT2D eigenvalue weighted by molar-refractivity contribution is 6.30. The van der Waals surface area contributed by atoms with Crippen LogP contribution in [0.25, 0.3) is 16.9 Å². The first-order chi connectivity index (χ1) is 14.4. The van der Waals surface area contributed by atoms with Crippen LogP contribution < -0.4 is 5.32 Å². The fourth-order valence-corrected chi connectivity index (χ4v) is 3.64. The zero-order valence-electron chi connectivity index (χ0n) is 17.1. The van der Waals surface area contributed by atoms with Crippen LogP contribution in [0.1, 0.15) is 17.2 Å². The van der Waals surface area contributed by atoms with Crippen LogP contribution in [-0.4, -0.2) is 34.3 Å². The van der Waals surface area contributed by atoms with Gasteiger partial charge in [-0.15, -0.1) is 0 Å². The molecule has 5 nitrogen and oxygen atoms in total. The minimum atomic E-state index is -0.427. The maximum absolute atomic E-state index is 13.1. The third-order valence-corrected chi connectivity index (χ3v) is 5.24. The third-order valence-electron chi connectivity index (χ3n) is 4.99. The number of nitrogens with zero attached hydrogens (tertiary/aromatic N) is 3. The molecule has 1 N–H and O–H groups in total. The zero-order valence-corrected chi connectivity index (χ0v) is 17.9. The number of hydrogen-bond acceptors (Lipinski definition) is 3. The molecule has 2 heterocycles. The van der Waals surface area contributed by atoms with E-state index < -0.39 is 6.04 Å². The molecule has 0 aliphatic rings. The van der Waals surface area contributed by atoms with Gasteiger partial charge in [-0.25, -0.2) is 4.98 Å². The van der Waals surface area contributed by atoms with Crippen molar-refractivity contribution in [2.24, 2.45) is 0 Å². The van der Waals surface area contributed by atoms with Crippen molar-refractivity contribution in [1.29, 1.82) is 0 Å². The first-order valence-corrected chi connectivity index (χ1v) is 10.1. The molecular weight excluding hydrogens is 396 g/mol. The molecule has 30 heavy (non-hydrogen) atoms. The van der Waals surface area contributed by atoms with Crippen LogP contribution in [0, 0.1) is 6.92 Å². The van der Waals surface area contributed by atoms with E-state index in [0.717, 1.165) is 33.7 Å². The van der Waals surface area contributed by atoms with Crippen LogP contribution in [0.15, 0.2) is 73.1 Å². The minimum absolute atomic E-state index is 0.106. The average molecular weight is 419 g/mol. The van der Waals surface area contributed by atoms with E-state index in [4.69, 9.17) is 16.6 Å². The van der Waals surface area contributed by atoms with Crippen LogP contribution in [0.5, 0.6) is 0 Å². The van der Waals surface area contributed by atoms with Crippen molar-refractivity contribution >= 4 is 28.8 Å². The van der Waals surface area contributed by atoms with Gasteiger partial charge < -0.3 is 9.72 Å². The van der Waals surface area contributed by atoms with E-state index in [-0.39, 0.29) is 5.91 Å². The lowest BCUT2D eigenvalue weighted by molar-refractivity contribution is -0.120. The number of anilines is 1. The summed E-state index contributed by atoms with van der Waals surface area (Å²) in [5, 5.41) is 3.69. The largest absolute Gasteiger partial charge is 0.324 e. The van der Waals surface area contributed by atoms with Gasteiger partial charge in [-0.2, -0.15) is 0 Å². The second-order valence-corrected chi connectivity index (χ2v) is 8.02. The van der Waals surface area contributed by atoms with Crippen LogP contribution in [0.2, 0.25) is 5.02 Å². The average Bonchev–Trinajstić information content (AvgIpc) is 3.13. The van der Waals surface area contributed by atoms with Crippen molar-refractivity contribution in [3.63, 3.8) is 0 Å². The Morgan fingerprint density at radius 1 is 1.10 bits per heavy atom. The number of carbonyl (C=O) groups is 1. The molecule has 4 aromatic rings. The molecule has 4 rings (SSSR count). The standard InChI is InChI=1S/C24H23ClN4O/c1-16-11-12-29-15-21(27-22(29)13-16)18-5-4-6-20(14-18)26-24(30)23(28(2)3)17-7-9-19(25)10-8-17/h4-15,23H,1-3H3,(H,26,30)/t23-/m0/s1. The van der Waals surface area contributed by atoms with E-state index >= 15 is 0 Å². The molecule has 0 saturated carbocycles. The predicted molar refractivity (Wildman–Crippen MR) is 122 cm³/mol. The summed E-state index contributed by atoms with van der Waals surface area (Å²) in [5.74, 6) is -0.106. The lowest BCUT2D eigenvalue weighted by Gasteiger charge is -2.24. The number of fused-ring (bicyclic) bond motifs is 1. The van der Waals surface area contributed by atoms with Crippen molar-refractivity contribution in [2.45, 2.75) is 13.0 Å². The number of nitrogens with one attached hydrogen (secondary N) is 1. The highest BCUT2D eigenvalue weighted by Crippen LogP contribution is 2.25. The fourth-order valence-electron chi connectivity index (χ4n) is 3.52. The SMILES string of the molecule is Cc1ccn2cc(-c3cccc(NC(=O)[C@H](c4ccc(Cl)cc4)N(C)C)c3)nc2c1. The van der Waals surface area contributed by atoms with Gasteiger partial charge in [-0.05, 0) is 68.5 Å². The smallest absolute Gasteiger partial charge is 0.246 e. The molecule has 2 aromatic heterocycles. The summed E-state index contributed by atoms with van der Waals surface area (Å²) in [7, 11) is 3.77. The Morgan fingerprint density at radius 2 is 1.87 bits per heavy atom. The molecule has 6 heteroatoms. The first kappa shape index (κ1) is 20.1. The van der Waals surface area contributed by atoms with E-state index in [1.54, 1.807) is 12.1 Å². The van der Waals surface area contributed by atoms with Crippen molar-refractivity contribution in [3.8, 4) is 11.3 Å². The van der Waals surface area contributed by atoms with E-state index in [0.29, 0.717) is 5.02 Å². The highest BCUT2D eigenvalue weighted by atomic mass is 35.5. The van der Waals surface area contributed by atoms with Gasteiger partial charge in [-0.3, -0.25) is 9.69 Å². The number of rotatable bonds is 5. The summed E-state index contributed by atoms with van der Waals surface area (Å²) in [6.07, 6.45) is 3.99. The summed E-state index contributed by atoms with van der Waals surface area (Å²) >= 11 is 6.00. The number of aromatic nitrogens is 2. The molecule has 0 unspecified atom stereocenters. The summed E-state index contributed by atoms with van der Waals surface area (Å²) in [5.41, 5.74) is 5.48. The molecule has 0 bridgehead atoms. The number of pyridine rings is 1. The zero-order chi connectivity index (χ0) is 21.3. The van der Waals surface area contributed by atoms with Crippen molar-refractivity contribution in [2.75, 3.05) is 19.4 Å². The summed E-state index contributed by atoms with van der Waals surface area (Å²) in [4.78, 5) is 19.7. The molecule has 0 spiro atoms. The monoisotopic (exact) mass is 418 g/mol. The number of aryl methyl sites for hydroxylation is 1. The van der Waals surface area contributed by atoms with Gasteiger partial charge in [0.1, 0.15) is 11.7 Å². The summed E-state index contributed by atoms with van der Waals surface area (Å²) in [6, 6.07) is 18.8. The third kappa shape index (κ3) is 4.22. The van der Waals surface area contributed by atoms with Crippen LogP contribution >= 0.6 is 11.6 Å². The van der Waals surface area contributed by atoms with Gasteiger partial charge in [-0.1, -0.05) is 35.9 Å². The molecule has 1 atom stereocenters. The Hall–Kier alpha value is -3.15. The maximum Gasteiger partial charge on any atom is 0.246 e. The Bertz CT molecular complexity index is 1200. The van der Waals surface area contributed by atoms with E-state index in [1.165, 1.54) is 0 Å². The van der Waals surface area contributed by atoms with E-state index in [9.17, 15) is 4.79 Å². The molecule has 0 radical (unpaired) electrons. The number of amides is 1. The number of hydrogen-bond donors (Lipinski definition) is 1. The summed E-state index contributed by atoms with van der Waals surface area (Å²) in [6.45, 7) is 2.05. The van der Waals surface area contributed by atoms with Crippen LogP contribution in [0.3, 0.4) is 0 Å². The first-order valence-electron chi connectivity index (χ1n) is 9.69. The number of likely N-dealkylation sites (N-methyl/N-ethyl adjacent to an activating group) is 1. The number of halogens is 1. The molecule has 1 amide bonds. The number of benzene rings is 2. The Kier molecular flexibility index (Phi) is 5.57. The maximum atomic E-state index is 13.1. The van der Waals surface area contributed by atoms with Gasteiger partial charge in [0, 0.05) is 28.7 Å². The van der Waals surface area contributed by atoms with Gasteiger partial charge in [0.2, 0.25) is 5.91 Å². The Morgan fingerprint density at radius 3 is 2.60 bits per heavy atom. The van der Waals surface area contributed by atoms with E-state index in [1.807, 2.05) is 91.2 Å². The normalized spacial score (nSPS) is 12.3. The number of imidazole rings is 1. The fraction of sp³-hybridized carbons (Fsp3) is 0.167. The lowest BCUT2D eigenvalue weighted by Crippen LogP contribution is -2.32. The van der Waals surface area contributed by atoms with Gasteiger partial charge >= 0.3 is 0 Å². The Labute approximate surface area is 180 Å². The van der Waals surface area contributed by atoms with E-state index in [2.05, 4.69) is 5.32 Å². The van der Waals surface area contributed by atoms with Crippen molar-refractivity contribution in [1.82, 2.24) is 14.3 Å². The van der Waals surface area contributed by atoms with Gasteiger partial charge in [0.25, 0.3) is 0 Å². The van der Waals surface area contributed by atoms with Crippen LogP contribution in [-0.2, 0) is 4.79 Å². The highest BCUT2D eigenvalue weighted by Gasteiger charge is 2.23. The molecule has 0 aliphatic heterocycles. The minimum Gasteiger partial charge on any atom is -0.324 e. The van der Waals surface area contributed by atoms with Crippen molar-refractivity contribution < 1.29 is 4.79 Å². The molecular formula is C24H23ClN4O. The second kappa shape index (κ2) is 8.30. The molecule has 0 saturated heterocycles. The predicted octanol–water partition coefficient (Wildman–Crippen LogP) is 5.20. The molecule has 0 aliphatic carbocycles. The van der Waals surface area contributed by atoms with Crippen molar-refractivity contribution in [3.05, 3.63) is 89.2 Å². The molecule has 2 aromatic carbocycles.